The molecule has 0 aliphatic rings. The number of aromatic nitrogens is 2. The number of carbonyl (C=O) groups is 1. The van der Waals surface area contributed by atoms with Crippen LogP contribution in [0.15, 0.2) is 54.0 Å². The van der Waals surface area contributed by atoms with Gasteiger partial charge in [0, 0.05) is 21.8 Å². The molecule has 0 saturated heterocycles. The van der Waals surface area contributed by atoms with Crippen LogP contribution in [-0.4, -0.2) is 15.9 Å². The molecule has 4 rings (SSSR count). The first-order valence-electron chi connectivity index (χ1n) is 7.84. The van der Waals surface area contributed by atoms with E-state index in [0.717, 1.165) is 31.4 Å². The summed E-state index contributed by atoms with van der Waals surface area (Å²) < 4.78 is 0. The van der Waals surface area contributed by atoms with Crippen molar-refractivity contribution >= 4 is 39.5 Å². The molecule has 124 valence electrons. The Morgan fingerprint density at radius 1 is 1.16 bits per heavy atom. The fourth-order valence-electron chi connectivity index (χ4n) is 2.64. The lowest BCUT2D eigenvalue weighted by Crippen LogP contribution is -2.22. The maximum absolute atomic E-state index is 12.6. The molecule has 0 saturated carbocycles. The molecule has 0 unspecified atom stereocenters. The van der Waals surface area contributed by atoms with Crippen molar-refractivity contribution in [2.75, 3.05) is 0 Å². The summed E-state index contributed by atoms with van der Waals surface area (Å²) in [6.45, 7) is 2.50. The number of amides is 1. The molecule has 1 amide bonds. The molecule has 4 aromatic rings. The van der Waals surface area contributed by atoms with E-state index in [0.29, 0.717) is 12.1 Å². The van der Waals surface area contributed by atoms with Crippen LogP contribution in [0.1, 0.15) is 20.2 Å². The van der Waals surface area contributed by atoms with Gasteiger partial charge in [-0.05, 0) is 31.2 Å². The lowest BCUT2D eigenvalue weighted by atomic mass is 10.1. The fraction of sp³-hybridized carbons (Fsp3) is 0.105. The van der Waals surface area contributed by atoms with Gasteiger partial charge in [-0.2, -0.15) is 0 Å². The van der Waals surface area contributed by atoms with Gasteiger partial charge in [0.2, 0.25) is 0 Å². The van der Waals surface area contributed by atoms with E-state index in [1.54, 1.807) is 28.9 Å². The second-order valence-electron chi connectivity index (χ2n) is 5.58. The number of hydrogen-bond acceptors (Lipinski definition) is 5. The van der Waals surface area contributed by atoms with Crippen molar-refractivity contribution in [3.63, 3.8) is 0 Å². The number of hydrogen-bond donors (Lipinski definition) is 1. The molecule has 4 nitrogen and oxygen atoms in total. The number of fused-ring (bicyclic) bond motifs is 1. The highest BCUT2D eigenvalue weighted by atomic mass is 32.1. The molecule has 1 aromatic carbocycles. The Balaban J connectivity index is 1.49. The van der Waals surface area contributed by atoms with E-state index in [4.69, 9.17) is 0 Å². The van der Waals surface area contributed by atoms with Gasteiger partial charge in [-0.25, -0.2) is 4.98 Å². The van der Waals surface area contributed by atoms with Gasteiger partial charge < -0.3 is 5.32 Å². The maximum atomic E-state index is 12.6. The Morgan fingerprint density at radius 3 is 2.88 bits per heavy atom. The van der Waals surface area contributed by atoms with E-state index >= 15 is 0 Å². The fourth-order valence-corrected chi connectivity index (χ4v) is 4.23. The zero-order valence-corrected chi connectivity index (χ0v) is 15.2. The summed E-state index contributed by atoms with van der Waals surface area (Å²) in [5, 5.41) is 7.07. The molecule has 0 bridgehead atoms. The first-order valence-corrected chi connectivity index (χ1v) is 9.53. The number of para-hydroxylation sites is 1. The number of carbonyl (C=O) groups excluding carboxylic acids is 1. The van der Waals surface area contributed by atoms with Gasteiger partial charge in [0.15, 0.2) is 0 Å². The van der Waals surface area contributed by atoms with Crippen LogP contribution < -0.4 is 5.32 Å². The number of pyridine rings is 1. The highest BCUT2D eigenvalue weighted by Gasteiger charge is 2.12. The molecular formula is C19H15N3OS2. The Labute approximate surface area is 153 Å². The third-order valence-corrected chi connectivity index (χ3v) is 5.71. The van der Waals surface area contributed by atoms with Crippen molar-refractivity contribution in [3.05, 3.63) is 69.5 Å². The molecule has 0 radical (unpaired) electrons. The van der Waals surface area contributed by atoms with Gasteiger partial charge in [-0.1, -0.05) is 18.2 Å². The lowest BCUT2D eigenvalue weighted by Gasteiger charge is -2.06. The number of aryl methyl sites for hydroxylation is 1. The minimum atomic E-state index is -0.108. The zero-order valence-electron chi connectivity index (χ0n) is 13.5. The molecule has 0 aliphatic heterocycles. The molecule has 25 heavy (non-hydrogen) atoms. The number of thiophene rings is 1. The van der Waals surface area contributed by atoms with Crippen molar-refractivity contribution in [3.8, 4) is 10.6 Å². The van der Waals surface area contributed by atoms with Crippen LogP contribution in [-0.2, 0) is 6.54 Å². The predicted molar refractivity (Wildman–Crippen MR) is 103 cm³/mol. The second kappa shape index (κ2) is 6.74. The molecule has 0 aliphatic carbocycles. The standard InChI is InChI=1S/C19H15N3OS2/c1-12-22-16(11-24-12)17-8-7-14(25-17)10-21-19(23)15-6-2-4-13-5-3-9-20-18(13)15/h2-9,11H,10H2,1H3,(H,21,23). The van der Waals surface area contributed by atoms with Crippen molar-refractivity contribution in [2.45, 2.75) is 13.5 Å². The summed E-state index contributed by atoms with van der Waals surface area (Å²) in [5.74, 6) is -0.108. The Bertz CT molecular complexity index is 1050. The average molecular weight is 365 g/mol. The molecule has 1 N–H and O–H groups in total. The van der Waals surface area contributed by atoms with Crippen LogP contribution in [0.4, 0.5) is 0 Å². The maximum Gasteiger partial charge on any atom is 0.253 e. The van der Waals surface area contributed by atoms with Gasteiger partial charge in [-0.15, -0.1) is 22.7 Å². The summed E-state index contributed by atoms with van der Waals surface area (Å²) in [7, 11) is 0. The first-order chi connectivity index (χ1) is 12.2. The Hall–Kier alpha value is -2.57. The van der Waals surface area contributed by atoms with E-state index in [1.807, 2.05) is 43.3 Å². The molecule has 3 aromatic heterocycles. The van der Waals surface area contributed by atoms with Crippen molar-refractivity contribution in [2.24, 2.45) is 0 Å². The first kappa shape index (κ1) is 15.9. The number of nitrogens with zero attached hydrogens (tertiary/aromatic N) is 2. The topological polar surface area (TPSA) is 54.9 Å². The molecule has 0 spiro atoms. The van der Waals surface area contributed by atoms with Crippen LogP contribution in [0.25, 0.3) is 21.5 Å². The molecule has 0 fully saturated rings. The van der Waals surface area contributed by atoms with Crippen molar-refractivity contribution < 1.29 is 4.79 Å². The average Bonchev–Trinajstić information content (AvgIpc) is 3.28. The van der Waals surface area contributed by atoms with Crippen molar-refractivity contribution in [1.82, 2.24) is 15.3 Å². The minimum absolute atomic E-state index is 0.108. The van der Waals surface area contributed by atoms with Gasteiger partial charge in [0.25, 0.3) is 5.91 Å². The number of benzene rings is 1. The van der Waals surface area contributed by atoms with E-state index in [2.05, 4.69) is 26.7 Å². The normalized spacial score (nSPS) is 10.9. The highest BCUT2D eigenvalue weighted by Crippen LogP contribution is 2.29. The van der Waals surface area contributed by atoms with Gasteiger partial charge >= 0.3 is 0 Å². The zero-order chi connectivity index (χ0) is 17.2. The smallest absolute Gasteiger partial charge is 0.253 e. The van der Waals surface area contributed by atoms with Gasteiger partial charge in [-0.3, -0.25) is 9.78 Å². The molecule has 3 heterocycles. The number of nitrogens with one attached hydrogen (secondary N) is 1. The molecule has 6 heteroatoms. The largest absolute Gasteiger partial charge is 0.347 e. The Kier molecular flexibility index (Phi) is 4.29. The van der Waals surface area contributed by atoms with E-state index in [1.165, 1.54) is 0 Å². The van der Waals surface area contributed by atoms with Gasteiger partial charge in [0.1, 0.15) is 0 Å². The monoisotopic (exact) mass is 365 g/mol. The van der Waals surface area contributed by atoms with Gasteiger partial charge in [0.05, 0.1) is 33.2 Å². The predicted octanol–water partition coefficient (Wildman–Crippen LogP) is 4.66. The molecular weight excluding hydrogens is 350 g/mol. The minimum Gasteiger partial charge on any atom is -0.347 e. The van der Waals surface area contributed by atoms with Crippen LogP contribution in [0.2, 0.25) is 0 Å². The molecule has 0 atom stereocenters. The van der Waals surface area contributed by atoms with E-state index in [-0.39, 0.29) is 5.91 Å². The summed E-state index contributed by atoms with van der Waals surface area (Å²) in [6.07, 6.45) is 1.71. The van der Waals surface area contributed by atoms with Crippen LogP contribution in [0, 0.1) is 6.92 Å². The summed E-state index contributed by atoms with van der Waals surface area (Å²) in [4.78, 5) is 23.6. The lowest BCUT2D eigenvalue weighted by molar-refractivity contribution is 0.0953. The summed E-state index contributed by atoms with van der Waals surface area (Å²) >= 11 is 3.30. The van der Waals surface area contributed by atoms with Crippen LogP contribution >= 0.6 is 22.7 Å². The van der Waals surface area contributed by atoms with E-state index in [9.17, 15) is 4.79 Å². The quantitative estimate of drug-likeness (QED) is 0.572. The second-order valence-corrected chi connectivity index (χ2v) is 7.81. The Morgan fingerprint density at radius 2 is 2.04 bits per heavy atom. The van der Waals surface area contributed by atoms with Crippen LogP contribution in [0.5, 0.6) is 0 Å². The van der Waals surface area contributed by atoms with Crippen molar-refractivity contribution in [1.29, 1.82) is 0 Å². The summed E-state index contributed by atoms with van der Waals surface area (Å²) in [6, 6.07) is 13.6. The SMILES string of the molecule is Cc1nc(-c2ccc(CNC(=O)c3cccc4cccnc34)s2)cs1. The highest BCUT2D eigenvalue weighted by molar-refractivity contribution is 7.16. The number of thiazole rings is 1. The third-order valence-electron chi connectivity index (χ3n) is 3.83. The third kappa shape index (κ3) is 3.31. The van der Waals surface area contributed by atoms with E-state index < -0.39 is 0 Å². The number of rotatable bonds is 4. The van der Waals surface area contributed by atoms with Crippen LogP contribution in [0.3, 0.4) is 0 Å². The summed E-state index contributed by atoms with van der Waals surface area (Å²) in [5.41, 5.74) is 2.33.